The Hall–Kier alpha value is -1.39. The summed E-state index contributed by atoms with van der Waals surface area (Å²) in [6.07, 6.45) is 0. The summed E-state index contributed by atoms with van der Waals surface area (Å²) in [5.41, 5.74) is 7.20. The van der Waals surface area contributed by atoms with Crippen LogP contribution < -0.4 is 5.73 Å². The van der Waals surface area contributed by atoms with Crippen LogP contribution in [-0.2, 0) is 0 Å². The van der Waals surface area contributed by atoms with E-state index in [0.717, 1.165) is 5.56 Å². The minimum atomic E-state index is -0.480. The highest BCUT2D eigenvalue weighted by atomic mass is 32.1. The van der Waals surface area contributed by atoms with Gasteiger partial charge >= 0.3 is 0 Å². The van der Waals surface area contributed by atoms with Gasteiger partial charge in [0.25, 0.3) is 0 Å². The zero-order valence-electron chi connectivity index (χ0n) is 7.85. The Kier molecular flexibility index (Phi) is 2.70. The molecule has 1 aromatic carbocycles. The van der Waals surface area contributed by atoms with E-state index in [4.69, 9.17) is 5.73 Å². The minimum Gasteiger partial charge on any atom is -0.508 e. The summed E-state index contributed by atoms with van der Waals surface area (Å²) in [5.74, 6) is -0.372. The molecule has 78 valence electrons. The summed E-state index contributed by atoms with van der Waals surface area (Å²) in [6.45, 7) is 0. The molecule has 0 unspecified atom stereocenters. The molecule has 2 rings (SSSR count). The molecule has 15 heavy (non-hydrogen) atoms. The van der Waals surface area contributed by atoms with Crippen molar-refractivity contribution in [2.75, 3.05) is 0 Å². The van der Waals surface area contributed by atoms with E-state index in [0.29, 0.717) is 5.56 Å². The van der Waals surface area contributed by atoms with Crippen molar-refractivity contribution in [2.45, 2.75) is 6.04 Å². The van der Waals surface area contributed by atoms with Crippen molar-refractivity contribution in [3.05, 3.63) is 52.0 Å². The number of nitrogens with two attached hydrogens (primary N) is 1. The molecule has 0 bridgehead atoms. The van der Waals surface area contributed by atoms with Gasteiger partial charge < -0.3 is 10.8 Å². The number of thiophene rings is 1. The van der Waals surface area contributed by atoms with Gasteiger partial charge in [-0.3, -0.25) is 0 Å². The molecule has 1 aromatic heterocycles. The zero-order chi connectivity index (χ0) is 10.8. The monoisotopic (exact) mass is 223 g/mol. The summed E-state index contributed by atoms with van der Waals surface area (Å²) in [7, 11) is 0. The molecule has 0 saturated heterocycles. The molecule has 1 heterocycles. The van der Waals surface area contributed by atoms with Crippen molar-refractivity contribution in [1.29, 1.82) is 0 Å². The zero-order valence-corrected chi connectivity index (χ0v) is 8.67. The lowest BCUT2D eigenvalue weighted by Gasteiger charge is -2.12. The molecular formula is C11H10FNOS. The van der Waals surface area contributed by atoms with E-state index in [9.17, 15) is 9.50 Å². The van der Waals surface area contributed by atoms with E-state index < -0.39 is 11.9 Å². The third kappa shape index (κ3) is 2.00. The smallest absolute Gasteiger partial charge is 0.123 e. The van der Waals surface area contributed by atoms with Gasteiger partial charge in [-0.15, -0.1) is 0 Å². The van der Waals surface area contributed by atoms with Crippen molar-refractivity contribution < 1.29 is 9.50 Å². The van der Waals surface area contributed by atoms with Crippen LogP contribution in [0, 0.1) is 5.82 Å². The van der Waals surface area contributed by atoms with E-state index in [1.165, 1.54) is 29.5 Å². The SMILES string of the molecule is N[C@@H](c1ccsc1)c1cc(F)ccc1O. The van der Waals surface area contributed by atoms with Crippen molar-refractivity contribution >= 4 is 11.3 Å². The van der Waals surface area contributed by atoms with Crippen LogP contribution in [0.3, 0.4) is 0 Å². The third-order valence-electron chi connectivity index (χ3n) is 2.23. The highest BCUT2D eigenvalue weighted by Crippen LogP contribution is 2.28. The van der Waals surface area contributed by atoms with Crippen molar-refractivity contribution in [3.63, 3.8) is 0 Å². The normalized spacial score (nSPS) is 12.7. The maximum absolute atomic E-state index is 13.0. The first kappa shape index (κ1) is 10.1. The maximum atomic E-state index is 13.0. The molecule has 0 amide bonds. The molecule has 0 spiro atoms. The van der Waals surface area contributed by atoms with E-state index >= 15 is 0 Å². The van der Waals surface area contributed by atoms with Gasteiger partial charge in [0.1, 0.15) is 11.6 Å². The molecule has 0 saturated carbocycles. The Morgan fingerprint density at radius 1 is 1.33 bits per heavy atom. The van der Waals surface area contributed by atoms with Gasteiger partial charge in [0, 0.05) is 5.56 Å². The molecule has 0 radical (unpaired) electrons. The van der Waals surface area contributed by atoms with Crippen LogP contribution in [0.5, 0.6) is 5.75 Å². The summed E-state index contributed by atoms with van der Waals surface area (Å²) in [6, 6.07) is 5.17. The second kappa shape index (κ2) is 4.00. The Bertz CT molecular complexity index is 456. The largest absolute Gasteiger partial charge is 0.508 e. The number of rotatable bonds is 2. The van der Waals surface area contributed by atoms with Crippen molar-refractivity contribution in [2.24, 2.45) is 5.73 Å². The van der Waals surface area contributed by atoms with Crippen LogP contribution in [0.2, 0.25) is 0 Å². The van der Waals surface area contributed by atoms with Gasteiger partial charge in [-0.1, -0.05) is 0 Å². The lowest BCUT2D eigenvalue weighted by atomic mass is 10.0. The number of aromatic hydroxyl groups is 1. The Morgan fingerprint density at radius 2 is 2.13 bits per heavy atom. The average Bonchev–Trinajstić information content (AvgIpc) is 2.74. The highest BCUT2D eigenvalue weighted by molar-refractivity contribution is 7.08. The molecular weight excluding hydrogens is 213 g/mol. The predicted octanol–water partition coefficient (Wildman–Crippen LogP) is 2.64. The third-order valence-corrected chi connectivity index (χ3v) is 2.93. The Labute approximate surface area is 90.8 Å². The summed E-state index contributed by atoms with van der Waals surface area (Å²) < 4.78 is 13.0. The van der Waals surface area contributed by atoms with Crippen molar-refractivity contribution in [1.82, 2.24) is 0 Å². The fourth-order valence-electron chi connectivity index (χ4n) is 1.41. The average molecular weight is 223 g/mol. The lowest BCUT2D eigenvalue weighted by Crippen LogP contribution is -2.11. The Morgan fingerprint density at radius 3 is 2.80 bits per heavy atom. The van der Waals surface area contributed by atoms with Crippen molar-refractivity contribution in [3.8, 4) is 5.75 Å². The molecule has 2 nitrogen and oxygen atoms in total. The van der Waals surface area contributed by atoms with Crippen LogP contribution in [0.15, 0.2) is 35.0 Å². The fourth-order valence-corrected chi connectivity index (χ4v) is 2.10. The van der Waals surface area contributed by atoms with E-state index in [1.54, 1.807) is 0 Å². The standard InChI is InChI=1S/C11H10FNOS/c12-8-1-2-10(14)9(5-8)11(13)7-3-4-15-6-7/h1-6,11,14H,13H2/t11-/m0/s1. The summed E-state index contributed by atoms with van der Waals surface area (Å²) in [5, 5.41) is 13.3. The lowest BCUT2D eigenvalue weighted by molar-refractivity contribution is 0.462. The molecule has 0 aliphatic carbocycles. The Balaban J connectivity index is 2.41. The topological polar surface area (TPSA) is 46.2 Å². The van der Waals surface area contributed by atoms with Crippen LogP contribution in [0.1, 0.15) is 17.2 Å². The molecule has 0 aliphatic heterocycles. The first-order valence-corrected chi connectivity index (χ1v) is 5.39. The number of benzene rings is 1. The van der Waals surface area contributed by atoms with Gasteiger partial charge in [0.2, 0.25) is 0 Å². The molecule has 2 aromatic rings. The second-order valence-corrected chi connectivity index (χ2v) is 4.02. The molecule has 0 aliphatic rings. The van der Waals surface area contributed by atoms with E-state index in [2.05, 4.69) is 0 Å². The molecule has 0 fully saturated rings. The van der Waals surface area contributed by atoms with Gasteiger partial charge in [0.15, 0.2) is 0 Å². The molecule has 4 heteroatoms. The van der Waals surface area contributed by atoms with Crippen LogP contribution in [-0.4, -0.2) is 5.11 Å². The van der Waals surface area contributed by atoms with Crippen LogP contribution in [0.4, 0.5) is 4.39 Å². The minimum absolute atomic E-state index is 0.0232. The van der Waals surface area contributed by atoms with Crippen LogP contribution >= 0.6 is 11.3 Å². The van der Waals surface area contributed by atoms with Gasteiger partial charge in [-0.05, 0) is 40.6 Å². The fraction of sp³-hybridized carbons (Fsp3) is 0.0909. The number of hydrogen-bond donors (Lipinski definition) is 2. The van der Waals surface area contributed by atoms with Crippen LogP contribution in [0.25, 0.3) is 0 Å². The number of phenols is 1. The highest BCUT2D eigenvalue weighted by Gasteiger charge is 2.14. The number of halogens is 1. The first-order valence-electron chi connectivity index (χ1n) is 4.44. The number of phenolic OH excluding ortho intramolecular Hbond substituents is 1. The molecule has 3 N–H and O–H groups in total. The van der Waals surface area contributed by atoms with Gasteiger partial charge in [-0.25, -0.2) is 4.39 Å². The number of hydrogen-bond acceptors (Lipinski definition) is 3. The summed E-state index contributed by atoms with van der Waals surface area (Å²) in [4.78, 5) is 0. The molecule has 1 atom stereocenters. The van der Waals surface area contributed by atoms with E-state index in [1.807, 2.05) is 16.8 Å². The van der Waals surface area contributed by atoms with Gasteiger partial charge in [-0.2, -0.15) is 11.3 Å². The maximum Gasteiger partial charge on any atom is 0.123 e. The second-order valence-electron chi connectivity index (χ2n) is 3.24. The summed E-state index contributed by atoms with van der Waals surface area (Å²) >= 11 is 1.52. The first-order chi connectivity index (χ1) is 7.18. The van der Waals surface area contributed by atoms with Gasteiger partial charge in [0.05, 0.1) is 6.04 Å². The van der Waals surface area contributed by atoms with E-state index in [-0.39, 0.29) is 5.75 Å². The quantitative estimate of drug-likeness (QED) is 0.822. The predicted molar refractivity (Wildman–Crippen MR) is 58.4 cm³/mol.